The van der Waals surface area contributed by atoms with Gasteiger partial charge in [-0.3, -0.25) is 4.79 Å². The van der Waals surface area contributed by atoms with E-state index in [2.05, 4.69) is 0 Å². The largest absolute Gasteiger partial charge is 0.438 e. The predicted octanol–water partition coefficient (Wildman–Crippen LogP) is 4.33. The summed E-state index contributed by atoms with van der Waals surface area (Å²) in [4.78, 5) is 25.1. The highest BCUT2D eigenvalue weighted by molar-refractivity contribution is 6.44. The zero-order valence-electron chi connectivity index (χ0n) is 11.3. The van der Waals surface area contributed by atoms with E-state index in [4.69, 9.17) is 27.9 Å². The zero-order valence-corrected chi connectivity index (χ0v) is 12.8. The molecular formula is C16H11Cl2NO3. The van der Waals surface area contributed by atoms with Crippen LogP contribution in [0.1, 0.15) is 22.0 Å². The number of fused-ring (bicyclic) bond motifs is 1. The van der Waals surface area contributed by atoms with Crippen molar-refractivity contribution in [2.24, 2.45) is 0 Å². The quantitative estimate of drug-likeness (QED) is 0.767. The second-order valence-corrected chi connectivity index (χ2v) is 5.87. The van der Waals surface area contributed by atoms with Crippen LogP contribution >= 0.6 is 23.2 Å². The van der Waals surface area contributed by atoms with Crippen LogP contribution in [0.2, 0.25) is 0 Å². The Kier molecular flexibility index (Phi) is 4.05. The van der Waals surface area contributed by atoms with Gasteiger partial charge in [-0.25, -0.2) is 9.69 Å². The first kappa shape index (κ1) is 14.9. The summed E-state index contributed by atoms with van der Waals surface area (Å²) < 4.78 is 5.34. The zero-order chi connectivity index (χ0) is 15.7. The van der Waals surface area contributed by atoms with Crippen molar-refractivity contribution in [3.05, 3.63) is 65.7 Å². The van der Waals surface area contributed by atoms with Crippen LogP contribution in [0.5, 0.6) is 0 Å². The number of benzene rings is 2. The van der Waals surface area contributed by atoms with Gasteiger partial charge in [-0.05, 0) is 18.2 Å². The van der Waals surface area contributed by atoms with E-state index in [9.17, 15) is 9.59 Å². The lowest BCUT2D eigenvalue weighted by atomic mass is 10.0. The number of halogens is 2. The van der Waals surface area contributed by atoms with Gasteiger partial charge in [0.2, 0.25) is 0 Å². The summed E-state index contributed by atoms with van der Waals surface area (Å²) in [6.45, 7) is 0. The molecule has 2 aromatic rings. The van der Waals surface area contributed by atoms with E-state index in [1.165, 1.54) is 0 Å². The van der Waals surface area contributed by atoms with E-state index in [-0.39, 0.29) is 0 Å². The maximum atomic E-state index is 12.8. The molecule has 22 heavy (non-hydrogen) atoms. The number of amides is 2. The molecule has 0 N–H and O–H groups in total. The standard InChI is InChI=1S/C16H11Cl2NO3/c17-14(18)13-11-8-4-5-9-12(11)15(20)19(16(21)22-13)10-6-2-1-3-7-10/h1-9,13-14H. The molecular weight excluding hydrogens is 325 g/mol. The lowest BCUT2D eigenvalue weighted by Gasteiger charge is -2.19. The topological polar surface area (TPSA) is 46.6 Å². The lowest BCUT2D eigenvalue weighted by Crippen LogP contribution is -2.36. The van der Waals surface area contributed by atoms with Crippen molar-refractivity contribution >= 4 is 40.9 Å². The van der Waals surface area contributed by atoms with Gasteiger partial charge >= 0.3 is 6.09 Å². The summed E-state index contributed by atoms with van der Waals surface area (Å²) in [6.07, 6.45) is -1.70. The number of cyclic esters (lactones) is 1. The number of rotatable bonds is 2. The molecule has 1 aliphatic rings. The molecule has 1 heterocycles. The number of carbonyl (C=O) groups is 2. The van der Waals surface area contributed by atoms with E-state index in [0.29, 0.717) is 16.8 Å². The summed E-state index contributed by atoms with van der Waals surface area (Å²) in [6, 6.07) is 15.3. The summed E-state index contributed by atoms with van der Waals surface area (Å²) in [5.41, 5.74) is 1.26. The fraction of sp³-hybridized carbons (Fsp3) is 0.125. The smallest absolute Gasteiger partial charge is 0.422 e. The molecule has 0 fully saturated rings. The van der Waals surface area contributed by atoms with Gasteiger partial charge < -0.3 is 4.74 Å². The first-order chi connectivity index (χ1) is 10.6. The Labute approximate surface area is 137 Å². The van der Waals surface area contributed by atoms with Crippen molar-refractivity contribution in [1.29, 1.82) is 0 Å². The molecule has 1 unspecified atom stereocenters. The van der Waals surface area contributed by atoms with Crippen LogP contribution in [-0.2, 0) is 4.74 Å². The first-order valence-corrected chi connectivity index (χ1v) is 7.44. The molecule has 0 aromatic heterocycles. The SMILES string of the molecule is O=C1OC(C(Cl)Cl)c2ccccc2C(=O)N1c1ccccc1. The highest BCUT2D eigenvalue weighted by Crippen LogP contribution is 2.35. The van der Waals surface area contributed by atoms with Crippen molar-refractivity contribution in [2.75, 3.05) is 4.90 Å². The van der Waals surface area contributed by atoms with Crippen LogP contribution in [-0.4, -0.2) is 16.8 Å². The molecule has 0 saturated heterocycles. The molecule has 2 amide bonds. The number of hydrogen-bond donors (Lipinski definition) is 0. The number of anilines is 1. The number of hydrogen-bond acceptors (Lipinski definition) is 3. The molecule has 0 saturated carbocycles. The van der Waals surface area contributed by atoms with E-state index in [1.54, 1.807) is 54.6 Å². The van der Waals surface area contributed by atoms with Crippen molar-refractivity contribution in [3.8, 4) is 0 Å². The van der Waals surface area contributed by atoms with Crippen LogP contribution in [0.15, 0.2) is 54.6 Å². The molecule has 6 heteroatoms. The van der Waals surface area contributed by atoms with Crippen molar-refractivity contribution < 1.29 is 14.3 Å². The van der Waals surface area contributed by atoms with E-state index in [1.807, 2.05) is 0 Å². The number of para-hydroxylation sites is 1. The van der Waals surface area contributed by atoms with Gasteiger partial charge in [-0.2, -0.15) is 0 Å². The maximum absolute atomic E-state index is 12.8. The van der Waals surface area contributed by atoms with Crippen LogP contribution in [0.4, 0.5) is 10.5 Å². The minimum Gasteiger partial charge on any atom is -0.438 e. The number of imide groups is 1. The van der Waals surface area contributed by atoms with Gasteiger partial charge in [-0.15, -0.1) is 23.2 Å². The second kappa shape index (κ2) is 5.99. The Morgan fingerprint density at radius 3 is 2.27 bits per heavy atom. The summed E-state index contributed by atoms with van der Waals surface area (Å²) in [7, 11) is 0. The molecule has 4 nitrogen and oxygen atoms in total. The summed E-state index contributed by atoms with van der Waals surface area (Å²) >= 11 is 11.8. The van der Waals surface area contributed by atoms with Gasteiger partial charge in [-0.1, -0.05) is 36.4 Å². The third-order valence-corrected chi connectivity index (χ3v) is 3.81. The average Bonchev–Trinajstić information content (AvgIpc) is 2.64. The lowest BCUT2D eigenvalue weighted by molar-refractivity contribution is 0.0952. The Balaban J connectivity index is 2.14. The molecule has 0 radical (unpaired) electrons. The summed E-state index contributed by atoms with van der Waals surface area (Å²) in [5, 5.41) is 0. The van der Waals surface area contributed by atoms with Crippen molar-refractivity contribution in [3.63, 3.8) is 0 Å². The average molecular weight is 336 g/mol. The highest BCUT2D eigenvalue weighted by Gasteiger charge is 2.38. The number of alkyl halides is 2. The highest BCUT2D eigenvalue weighted by atomic mass is 35.5. The second-order valence-electron chi connectivity index (χ2n) is 4.70. The molecule has 3 rings (SSSR count). The fourth-order valence-corrected chi connectivity index (χ4v) is 2.73. The van der Waals surface area contributed by atoms with E-state index in [0.717, 1.165) is 4.90 Å². The van der Waals surface area contributed by atoms with Crippen molar-refractivity contribution in [2.45, 2.75) is 10.9 Å². The molecule has 0 bridgehead atoms. The monoisotopic (exact) mass is 335 g/mol. The molecule has 1 aliphatic heterocycles. The predicted molar refractivity (Wildman–Crippen MR) is 84.4 cm³/mol. The Morgan fingerprint density at radius 1 is 0.955 bits per heavy atom. The number of nitrogens with zero attached hydrogens (tertiary/aromatic N) is 1. The molecule has 0 aliphatic carbocycles. The van der Waals surface area contributed by atoms with Crippen LogP contribution < -0.4 is 4.90 Å². The first-order valence-electron chi connectivity index (χ1n) is 6.57. The Bertz CT molecular complexity index is 718. The minimum atomic E-state index is -0.978. The van der Waals surface area contributed by atoms with Gasteiger partial charge in [0.15, 0.2) is 6.10 Å². The Morgan fingerprint density at radius 2 is 1.59 bits per heavy atom. The third kappa shape index (κ3) is 2.56. The number of carbonyl (C=O) groups excluding carboxylic acids is 2. The molecule has 1 atom stereocenters. The number of ether oxygens (including phenoxy) is 1. The normalized spacial score (nSPS) is 18.0. The van der Waals surface area contributed by atoms with Crippen LogP contribution in [0.3, 0.4) is 0 Å². The fourth-order valence-electron chi connectivity index (χ4n) is 2.35. The van der Waals surface area contributed by atoms with Gasteiger partial charge in [0, 0.05) is 11.1 Å². The van der Waals surface area contributed by atoms with E-state index < -0.39 is 22.9 Å². The van der Waals surface area contributed by atoms with Gasteiger partial charge in [0.25, 0.3) is 5.91 Å². The molecule has 112 valence electrons. The van der Waals surface area contributed by atoms with E-state index >= 15 is 0 Å². The Hall–Kier alpha value is -2.04. The maximum Gasteiger partial charge on any atom is 0.422 e. The minimum absolute atomic E-state index is 0.341. The van der Waals surface area contributed by atoms with Crippen LogP contribution in [0.25, 0.3) is 0 Å². The van der Waals surface area contributed by atoms with Gasteiger partial charge in [0.05, 0.1) is 5.69 Å². The molecule has 0 spiro atoms. The van der Waals surface area contributed by atoms with Crippen LogP contribution in [0, 0.1) is 0 Å². The van der Waals surface area contributed by atoms with Gasteiger partial charge in [0.1, 0.15) is 4.84 Å². The third-order valence-electron chi connectivity index (χ3n) is 3.35. The summed E-state index contributed by atoms with van der Waals surface area (Å²) in [5.74, 6) is -0.469. The van der Waals surface area contributed by atoms with Crippen molar-refractivity contribution in [1.82, 2.24) is 0 Å². The molecule has 2 aromatic carbocycles.